The Kier molecular flexibility index (Phi) is 13.8. The van der Waals surface area contributed by atoms with Crippen LogP contribution in [0.2, 0.25) is 0 Å². The summed E-state index contributed by atoms with van der Waals surface area (Å²) in [5.41, 5.74) is 12.3. The highest BCUT2D eigenvalue weighted by molar-refractivity contribution is 5.75. The highest BCUT2D eigenvalue weighted by Crippen LogP contribution is 2.39. The van der Waals surface area contributed by atoms with Crippen LogP contribution in [0.5, 0.6) is 0 Å². The summed E-state index contributed by atoms with van der Waals surface area (Å²) in [4.78, 5) is 29.1. The Morgan fingerprint density at radius 2 is 1.46 bits per heavy atom. The van der Waals surface area contributed by atoms with Gasteiger partial charge in [-0.3, -0.25) is 4.79 Å². The van der Waals surface area contributed by atoms with E-state index in [1.807, 2.05) is 91.0 Å². The summed E-state index contributed by atoms with van der Waals surface area (Å²) in [5.74, 6) is -1.50. The molecule has 0 bridgehead atoms. The molecule has 0 amide bonds. The van der Waals surface area contributed by atoms with E-state index < -0.39 is 79.6 Å². The maximum atomic E-state index is 13.5. The second-order valence-corrected chi connectivity index (χ2v) is 12.7. The summed E-state index contributed by atoms with van der Waals surface area (Å²) in [6.07, 6.45) is -9.76. The molecule has 15 heteroatoms. The monoisotopic (exact) mass is 745 g/mol. The van der Waals surface area contributed by atoms with E-state index in [1.165, 1.54) is 20.1 Å². The summed E-state index contributed by atoms with van der Waals surface area (Å²) in [6.45, 7) is 5.12. The summed E-state index contributed by atoms with van der Waals surface area (Å²) in [6, 6.07) is 26.9. The van der Waals surface area contributed by atoms with Gasteiger partial charge in [0.05, 0.1) is 33.5 Å². The zero-order chi connectivity index (χ0) is 37.9. The van der Waals surface area contributed by atoms with E-state index in [0.29, 0.717) is 0 Å². The van der Waals surface area contributed by atoms with Gasteiger partial charge in [0, 0.05) is 17.4 Å². The third-order valence-electron chi connectivity index (χ3n) is 9.03. The number of nitrogens with zero attached hydrogens (tertiary/aromatic N) is 3. The number of carbonyl (C=O) groups excluding carboxylic acids is 2. The zero-order valence-corrected chi connectivity index (χ0v) is 29.9. The smallest absolute Gasteiger partial charge is 0.337 e. The molecule has 15 nitrogen and oxygen atoms in total. The minimum absolute atomic E-state index is 0.00851. The molecule has 3 heterocycles. The van der Waals surface area contributed by atoms with Crippen molar-refractivity contribution in [2.45, 2.75) is 87.8 Å². The minimum Gasteiger partial charge on any atom is -0.467 e. The molecule has 11 atom stereocenters. The molecular formula is C39H43N3O12. The van der Waals surface area contributed by atoms with Gasteiger partial charge in [-0.05, 0) is 16.7 Å². The quantitative estimate of drug-likeness (QED) is 0.0663. The van der Waals surface area contributed by atoms with Crippen LogP contribution in [0, 0.1) is 0 Å². The van der Waals surface area contributed by atoms with Crippen molar-refractivity contribution in [3.63, 3.8) is 0 Å². The number of benzene rings is 3. The predicted molar refractivity (Wildman–Crippen MR) is 189 cm³/mol. The number of ether oxygens (including phenoxy) is 10. The molecule has 0 radical (unpaired) electrons. The molecule has 0 N–H and O–H groups in total. The van der Waals surface area contributed by atoms with E-state index in [9.17, 15) is 15.1 Å². The topological polar surface area (TPSA) is 175 Å². The average Bonchev–Trinajstić information content (AvgIpc) is 3.20. The van der Waals surface area contributed by atoms with E-state index >= 15 is 0 Å². The lowest BCUT2D eigenvalue weighted by Crippen LogP contribution is -2.67. The van der Waals surface area contributed by atoms with Crippen molar-refractivity contribution in [2.24, 2.45) is 5.11 Å². The molecule has 3 aliphatic heterocycles. The Morgan fingerprint density at radius 3 is 2.06 bits per heavy atom. The number of fused-ring (bicyclic) bond motifs is 1. The van der Waals surface area contributed by atoms with E-state index in [2.05, 4.69) is 16.6 Å². The second-order valence-electron chi connectivity index (χ2n) is 12.7. The fourth-order valence-electron chi connectivity index (χ4n) is 6.58. The Labute approximate surface area is 312 Å². The van der Waals surface area contributed by atoms with Crippen LogP contribution in [0.1, 0.15) is 29.9 Å². The number of rotatable bonds is 15. The van der Waals surface area contributed by atoms with Gasteiger partial charge in [-0.1, -0.05) is 102 Å². The first-order valence-electron chi connectivity index (χ1n) is 17.5. The molecule has 1 unspecified atom stereocenters. The highest BCUT2D eigenvalue weighted by Gasteiger charge is 2.57. The highest BCUT2D eigenvalue weighted by atomic mass is 16.8. The van der Waals surface area contributed by atoms with E-state index in [0.717, 1.165) is 16.7 Å². The number of methoxy groups -OCH3 is 1. The van der Waals surface area contributed by atoms with Gasteiger partial charge >= 0.3 is 11.9 Å². The summed E-state index contributed by atoms with van der Waals surface area (Å²) in [5, 5.41) is 4.11. The van der Waals surface area contributed by atoms with Crippen LogP contribution in [0.25, 0.3) is 10.4 Å². The molecule has 0 aromatic heterocycles. The lowest BCUT2D eigenvalue weighted by Gasteiger charge is -2.50. The van der Waals surface area contributed by atoms with Gasteiger partial charge < -0.3 is 47.4 Å². The Balaban J connectivity index is 1.36. The van der Waals surface area contributed by atoms with Crippen molar-refractivity contribution >= 4 is 11.9 Å². The van der Waals surface area contributed by atoms with Crippen LogP contribution in [0.15, 0.2) is 109 Å². The van der Waals surface area contributed by atoms with Crippen LogP contribution < -0.4 is 0 Å². The molecule has 0 saturated carbocycles. The van der Waals surface area contributed by atoms with Gasteiger partial charge in [0.15, 0.2) is 31.1 Å². The standard InChI is InChI=1S/C39H43N3O12/c1-4-20-46-39-35(50-24(2)43)32(48-22-26-16-10-6-11-17-26)33(34(54-39)36(44)45-3)53-38-29(41-42-40)31(47-21-25-14-8-5-9-15-25)30-28(51-38)23-49-37(52-30)27-18-12-7-13-19-27/h4-19,28-35,37-39H,1,20-23H2,2-3H3/t28-,29-,30-,31-,32-,33-,34-,35+,37?,38-,39+/m0/s1. The molecule has 3 aromatic carbocycles. The van der Waals surface area contributed by atoms with Gasteiger partial charge in [-0.2, -0.15) is 0 Å². The number of hydrogen-bond donors (Lipinski definition) is 0. The summed E-state index contributed by atoms with van der Waals surface area (Å²) < 4.78 is 61.5. The van der Waals surface area contributed by atoms with E-state index in [-0.39, 0.29) is 26.4 Å². The number of esters is 2. The van der Waals surface area contributed by atoms with Gasteiger partial charge in [0.1, 0.15) is 36.6 Å². The Hall–Kier alpha value is -4.67. The minimum atomic E-state index is -1.49. The van der Waals surface area contributed by atoms with Crippen LogP contribution in [0.4, 0.5) is 0 Å². The molecular weight excluding hydrogens is 702 g/mol. The van der Waals surface area contributed by atoms with E-state index in [4.69, 9.17) is 47.4 Å². The van der Waals surface area contributed by atoms with Crippen molar-refractivity contribution in [1.82, 2.24) is 0 Å². The van der Waals surface area contributed by atoms with Gasteiger partial charge in [0.25, 0.3) is 0 Å². The lowest BCUT2D eigenvalue weighted by atomic mass is 9.94. The second kappa shape index (κ2) is 19.1. The van der Waals surface area contributed by atoms with Crippen LogP contribution in [-0.4, -0.2) is 93.6 Å². The predicted octanol–water partition coefficient (Wildman–Crippen LogP) is 5.09. The fraction of sp³-hybridized carbons (Fsp3) is 0.436. The molecule has 3 aliphatic rings. The number of hydrogen-bond acceptors (Lipinski definition) is 13. The first-order valence-corrected chi connectivity index (χ1v) is 17.5. The molecule has 286 valence electrons. The third-order valence-corrected chi connectivity index (χ3v) is 9.03. The largest absolute Gasteiger partial charge is 0.467 e. The zero-order valence-electron chi connectivity index (χ0n) is 29.9. The molecule has 54 heavy (non-hydrogen) atoms. The SMILES string of the molecule is C=CCO[C@@H]1O[C@H](C(=O)OC)[C@@H](O[C@@H]2O[C@H]3COC(c4ccccc4)O[C@@H]3[C@@H](OCc3ccccc3)[C@@H]2N=[N+]=[N-])[C@H](OCc2ccccc2)[C@H]1OC(C)=O. The van der Waals surface area contributed by atoms with Crippen molar-refractivity contribution < 1.29 is 57.0 Å². The number of carbonyl (C=O) groups is 2. The molecule has 3 aromatic rings. The first-order chi connectivity index (χ1) is 26.4. The summed E-state index contributed by atoms with van der Waals surface area (Å²) in [7, 11) is 1.19. The number of azide groups is 1. The van der Waals surface area contributed by atoms with Crippen LogP contribution in [0.3, 0.4) is 0 Å². The van der Waals surface area contributed by atoms with Crippen molar-refractivity contribution in [3.05, 3.63) is 131 Å². The molecule has 0 spiro atoms. The molecule has 6 rings (SSSR count). The van der Waals surface area contributed by atoms with Gasteiger partial charge in [0.2, 0.25) is 0 Å². The molecule has 0 aliphatic carbocycles. The molecule has 3 saturated heterocycles. The third kappa shape index (κ3) is 9.51. The maximum absolute atomic E-state index is 13.5. The van der Waals surface area contributed by atoms with E-state index in [1.54, 1.807) is 0 Å². The lowest BCUT2D eigenvalue weighted by molar-refractivity contribution is -0.372. The van der Waals surface area contributed by atoms with Gasteiger partial charge in [-0.15, -0.1) is 6.58 Å². The average molecular weight is 746 g/mol. The van der Waals surface area contributed by atoms with Crippen molar-refractivity contribution in [3.8, 4) is 0 Å². The Morgan fingerprint density at radius 1 is 0.833 bits per heavy atom. The normalized spacial score (nSPS) is 30.6. The van der Waals surface area contributed by atoms with Crippen LogP contribution >= 0.6 is 0 Å². The maximum Gasteiger partial charge on any atom is 0.337 e. The van der Waals surface area contributed by atoms with Crippen molar-refractivity contribution in [1.29, 1.82) is 0 Å². The molecule has 3 fully saturated rings. The van der Waals surface area contributed by atoms with Crippen molar-refractivity contribution in [2.75, 3.05) is 20.3 Å². The Bertz CT molecular complexity index is 1710. The fourth-order valence-corrected chi connectivity index (χ4v) is 6.58. The van der Waals surface area contributed by atoms with Gasteiger partial charge in [-0.25, -0.2) is 4.79 Å². The first kappa shape index (κ1) is 39.0. The summed E-state index contributed by atoms with van der Waals surface area (Å²) >= 11 is 0. The van der Waals surface area contributed by atoms with Crippen LogP contribution in [-0.2, 0) is 70.2 Å².